The SMILES string of the molecule is O=C(O)COc1ccc(Cl)cc1C1c2ccccc2CCN1C(=O)CCN1C=COC(C2=C(Cl)C=CC(=O)C2)=C1. The molecule has 3 aliphatic rings. The molecule has 40 heavy (non-hydrogen) atoms. The largest absolute Gasteiger partial charge is 0.482 e. The van der Waals surface area contributed by atoms with Gasteiger partial charge in [0.25, 0.3) is 0 Å². The van der Waals surface area contributed by atoms with Crippen molar-refractivity contribution in [3.8, 4) is 5.75 Å². The number of hydrogen-bond donors (Lipinski definition) is 1. The molecular weight excluding hydrogens is 555 g/mol. The molecule has 1 amide bonds. The minimum atomic E-state index is -1.10. The lowest BCUT2D eigenvalue weighted by molar-refractivity contribution is -0.139. The predicted octanol–water partition coefficient (Wildman–Crippen LogP) is 5.33. The number of amides is 1. The first-order chi connectivity index (χ1) is 19.3. The van der Waals surface area contributed by atoms with Crippen LogP contribution in [-0.4, -0.2) is 52.3 Å². The Morgan fingerprint density at radius 2 is 1.93 bits per heavy atom. The molecule has 10 heteroatoms. The number of carbonyl (C=O) groups excluding carboxylic acids is 2. The molecule has 1 unspecified atom stereocenters. The van der Waals surface area contributed by atoms with Gasteiger partial charge in [0.2, 0.25) is 5.91 Å². The Labute approximate surface area is 241 Å². The summed E-state index contributed by atoms with van der Waals surface area (Å²) in [5.41, 5.74) is 3.26. The predicted molar refractivity (Wildman–Crippen MR) is 150 cm³/mol. The van der Waals surface area contributed by atoms with Crippen LogP contribution in [0.5, 0.6) is 5.75 Å². The quantitative estimate of drug-likeness (QED) is 0.450. The van der Waals surface area contributed by atoms with Crippen molar-refractivity contribution < 1.29 is 29.0 Å². The Morgan fingerprint density at radius 1 is 1.10 bits per heavy atom. The van der Waals surface area contributed by atoms with Gasteiger partial charge in [-0.05, 0) is 47.9 Å². The van der Waals surface area contributed by atoms with Gasteiger partial charge in [-0.15, -0.1) is 0 Å². The van der Waals surface area contributed by atoms with Gasteiger partial charge in [-0.2, -0.15) is 0 Å². The molecule has 0 spiro atoms. The van der Waals surface area contributed by atoms with Crippen molar-refractivity contribution in [2.45, 2.75) is 25.3 Å². The fourth-order valence-corrected chi connectivity index (χ4v) is 5.43. The van der Waals surface area contributed by atoms with E-state index in [1.807, 2.05) is 29.2 Å². The second kappa shape index (κ2) is 12.0. The van der Waals surface area contributed by atoms with Crippen molar-refractivity contribution in [1.29, 1.82) is 0 Å². The molecule has 0 aromatic heterocycles. The molecule has 0 saturated carbocycles. The highest BCUT2D eigenvalue weighted by atomic mass is 35.5. The number of hydrogen-bond acceptors (Lipinski definition) is 6. The van der Waals surface area contributed by atoms with E-state index in [9.17, 15) is 19.5 Å². The number of aliphatic carboxylic acids is 1. The van der Waals surface area contributed by atoms with Gasteiger partial charge < -0.3 is 24.4 Å². The van der Waals surface area contributed by atoms with E-state index in [0.29, 0.717) is 52.2 Å². The van der Waals surface area contributed by atoms with Gasteiger partial charge in [0, 0.05) is 59.5 Å². The summed E-state index contributed by atoms with van der Waals surface area (Å²) < 4.78 is 11.2. The minimum Gasteiger partial charge on any atom is -0.482 e. The van der Waals surface area contributed by atoms with Crippen LogP contribution in [0.2, 0.25) is 5.02 Å². The third-order valence-corrected chi connectivity index (χ3v) is 7.48. The molecule has 2 heterocycles. The lowest BCUT2D eigenvalue weighted by Gasteiger charge is -2.38. The molecular formula is C30H26Cl2N2O6. The molecule has 1 N–H and O–H groups in total. The molecule has 206 valence electrons. The molecule has 1 atom stereocenters. The van der Waals surface area contributed by atoms with Gasteiger partial charge in [-0.1, -0.05) is 47.5 Å². The van der Waals surface area contributed by atoms with Crippen molar-refractivity contribution >= 4 is 40.9 Å². The molecule has 0 bridgehead atoms. The van der Waals surface area contributed by atoms with Crippen LogP contribution in [0.15, 0.2) is 89.6 Å². The maximum atomic E-state index is 13.7. The van der Waals surface area contributed by atoms with E-state index >= 15 is 0 Å². The summed E-state index contributed by atoms with van der Waals surface area (Å²) >= 11 is 12.7. The fraction of sp³-hybridized carbons (Fsp3) is 0.233. The van der Waals surface area contributed by atoms with Crippen molar-refractivity contribution in [2.24, 2.45) is 0 Å². The number of carboxylic acid groups (broad SMARTS) is 1. The Balaban J connectivity index is 1.39. The first kappa shape index (κ1) is 27.6. The van der Waals surface area contributed by atoms with Crippen molar-refractivity contribution in [3.63, 3.8) is 0 Å². The molecule has 8 nitrogen and oxygen atoms in total. The summed E-state index contributed by atoms with van der Waals surface area (Å²) in [5.74, 6) is -0.441. The van der Waals surface area contributed by atoms with E-state index in [-0.39, 0.29) is 24.5 Å². The smallest absolute Gasteiger partial charge is 0.341 e. The number of benzene rings is 2. The number of halogens is 2. The van der Waals surface area contributed by atoms with E-state index in [1.165, 1.54) is 12.3 Å². The minimum absolute atomic E-state index is 0.0654. The van der Waals surface area contributed by atoms with Crippen LogP contribution in [0.1, 0.15) is 35.6 Å². The molecule has 2 aliphatic heterocycles. The highest BCUT2D eigenvalue weighted by molar-refractivity contribution is 6.32. The number of fused-ring (bicyclic) bond motifs is 1. The Kier molecular flexibility index (Phi) is 8.28. The van der Waals surface area contributed by atoms with Crippen LogP contribution >= 0.6 is 23.2 Å². The van der Waals surface area contributed by atoms with E-state index in [4.69, 9.17) is 32.7 Å². The maximum Gasteiger partial charge on any atom is 0.341 e. The fourth-order valence-electron chi connectivity index (χ4n) is 5.03. The van der Waals surface area contributed by atoms with Crippen LogP contribution in [0.4, 0.5) is 0 Å². The number of nitrogens with zero attached hydrogens (tertiary/aromatic N) is 2. The first-order valence-electron chi connectivity index (χ1n) is 12.7. The Hall–Kier alpha value is -4.01. The standard InChI is InChI=1S/C30H26Cl2N2O6/c31-20-5-8-26(40-18-29(37)38)24(15-20)30-22-4-2-1-3-19(22)9-12-34(30)28(36)10-11-33-13-14-39-27(17-33)23-16-21(35)6-7-25(23)32/h1-8,13-15,17,30H,9-12,16,18H2,(H,37,38). The normalized spacial score (nSPS) is 18.3. The van der Waals surface area contributed by atoms with E-state index < -0.39 is 18.6 Å². The van der Waals surface area contributed by atoms with E-state index in [2.05, 4.69) is 0 Å². The number of rotatable bonds is 8. The zero-order valence-electron chi connectivity index (χ0n) is 21.4. The summed E-state index contributed by atoms with van der Waals surface area (Å²) in [6.45, 7) is 0.318. The van der Waals surface area contributed by atoms with Crippen LogP contribution < -0.4 is 4.74 Å². The first-order valence-corrected chi connectivity index (χ1v) is 13.5. The Bertz CT molecular complexity index is 1480. The number of allylic oxidation sites excluding steroid dienone is 4. The molecule has 0 fully saturated rings. The summed E-state index contributed by atoms with van der Waals surface area (Å²) in [6, 6.07) is 12.4. The van der Waals surface area contributed by atoms with Crippen LogP contribution in [-0.2, 0) is 25.5 Å². The molecule has 5 rings (SSSR count). The average molecular weight is 581 g/mol. The molecule has 1 aliphatic carbocycles. The van der Waals surface area contributed by atoms with Gasteiger partial charge in [-0.3, -0.25) is 9.59 Å². The van der Waals surface area contributed by atoms with E-state index in [1.54, 1.807) is 41.6 Å². The van der Waals surface area contributed by atoms with Crippen molar-refractivity contribution in [1.82, 2.24) is 9.80 Å². The highest BCUT2D eigenvalue weighted by Crippen LogP contribution is 2.41. The molecule has 2 aromatic carbocycles. The summed E-state index contributed by atoms with van der Waals surface area (Å²) in [4.78, 5) is 40.5. The van der Waals surface area contributed by atoms with Gasteiger partial charge in [0.1, 0.15) is 17.8 Å². The molecule has 2 aromatic rings. The van der Waals surface area contributed by atoms with Crippen LogP contribution in [0, 0.1) is 0 Å². The van der Waals surface area contributed by atoms with Gasteiger partial charge >= 0.3 is 5.97 Å². The van der Waals surface area contributed by atoms with Crippen LogP contribution in [0.25, 0.3) is 0 Å². The molecule has 0 radical (unpaired) electrons. The zero-order chi connectivity index (χ0) is 28.2. The van der Waals surface area contributed by atoms with Crippen LogP contribution in [0.3, 0.4) is 0 Å². The lowest BCUT2D eigenvalue weighted by Crippen LogP contribution is -2.41. The maximum absolute atomic E-state index is 13.7. The number of ether oxygens (including phenoxy) is 2. The van der Waals surface area contributed by atoms with Crippen molar-refractivity contribution in [3.05, 3.63) is 111 Å². The van der Waals surface area contributed by atoms with E-state index in [0.717, 1.165) is 11.1 Å². The van der Waals surface area contributed by atoms with Gasteiger partial charge in [0.15, 0.2) is 12.4 Å². The number of carbonyl (C=O) groups is 3. The van der Waals surface area contributed by atoms with Crippen molar-refractivity contribution in [2.75, 3.05) is 19.7 Å². The summed E-state index contributed by atoms with van der Waals surface area (Å²) in [5, 5.41) is 10.1. The third kappa shape index (κ3) is 6.08. The van der Waals surface area contributed by atoms with Gasteiger partial charge in [0.05, 0.1) is 6.04 Å². The Morgan fingerprint density at radius 3 is 2.75 bits per heavy atom. The topological polar surface area (TPSA) is 96.4 Å². The highest BCUT2D eigenvalue weighted by Gasteiger charge is 2.34. The second-order valence-corrected chi connectivity index (χ2v) is 10.3. The second-order valence-electron chi connectivity index (χ2n) is 9.49. The molecule has 0 saturated heterocycles. The van der Waals surface area contributed by atoms with Gasteiger partial charge in [-0.25, -0.2) is 4.79 Å². The average Bonchev–Trinajstić information content (AvgIpc) is 2.96. The summed E-state index contributed by atoms with van der Waals surface area (Å²) in [6.07, 6.45) is 8.94. The monoisotopic (exact) mass is 580 g/mol. The summed E-state index contributed by atoms with van der Waals surface area (Å²) in [7, 11) is 0. The zero-order valence-corrected chi connectivity index (χ0v) is 22.9. The number of ketones is 1. The number of carboxylic acids is 1. The third-order valence-electron chi connectivity index (χ3n) is 6.89. The lowest BCUT2D eigenvalue weighted by atomic mass is 9.87.